The molecule has 0 saturated heterocycles. The predicted octanol–water partition coefficient (Wildman–Crippen LogP) is 6.06. The molecule has 170 valence electrons. The number of hydrogen-bond donors (Lipinski definition) is 1. The van der Waals surface area contributed by atoms with E-state index < -0.39 is 12.1 Å². The summed E-state index contributed by atoms with van der Waals surface area (Å²) in [5.74, 6) is 1.62. The second-order valence-corrected chi connectivity index (χ2v) is 8.11. The summed E-state index contributed by atoms with van der Waals surface area (Å²) < 4.78 is 17.6. The largest absolute Gasteiger partial charge is 0.478 e. The Bertz CT molecular complexity index is 1420. The monoisotopic (exact) mass is 453 g/mol. The minimum atomic E-state index is -1.01. The summed E-state index contributed by atoms with van der Waals surface area (Å²) in [4.78, 5) is 16.4. The fourth-order valence-electron chi connectivity index (χ4n) is 3.88. The van der Waals surface area contributed by atoms with Crippen molar-refractivity contribution in [2.45, 2.75) is 25.9 Å². The van der Waals surface area contributed by atoms with E-state index in [9.17, 15) is 9.90 Å². The summed E-state index contributed by atoms with van der Waals surface area (Å²) in [6.07, 6.45) is -0.245. The van der Waals surface area contributed by atoms with E-state index in [0.717, 1.165) is 39.3 Å². The molecule has 2 heterocycles. The first-order chi connectivity index (χ1) is 16.5. The van der Waals surface area contributed by atoms with Crippen LogP contribution in [0.5, 0.6) is 5.75 Å². The van der Waals surface area contributed by atoms with Gasteiger partial charge in [0.2, 0.25) is 5.89 Å². The number of carbonyl (C=O) groups is 1. The number of benzene rings is 3. The fraction of sp³-hybridized carbons (Fsp3) is 0.143. The number of fused-ring (bicyclic) bond motifs is 1. The van der Waals surface area contributed by atoms with Gasteiger partial charge in [-0.2, -0.15) is 0 Å². The van der Waals surface area contributed by atoms with Gasteiger partial charge in [-0.15, -0.1) is 0 Å². The van der Waals surface area contributed by atoms with Crippen LogP contribution in [0.3, 0.4) is 0 Å². The third kappa shape index (κ3) is 4.71. The lowest BCUT2D eigenvalue weighted by Gasteiger charge is -2.15. The maximum Gasteiger partial charge on any atom is 0.345 e. The van der Waals surface area contributed by atoms with Gasteiger partial charge >= 0.3 is 5.97 Å². The topological polar surface area (TPSA) is 85.7 Å². The highest BCUT2D eigenvalue weighted by atomic mass is 16.5. The molecule has 0 aliphatic rings. The summed E-state index contributed by atoms with van der Waals surface area (Å²) in [6.45, 7) is 1.90. The molecule has 5 aromatic rings. The Kier molecular flexibility index (Phi) is 5.87. The zero-order chi connectivity index (χ0) is 23.5. The van der Waals surface area contributed by atoms with Gasteiger partial charge in [0.1, 0.15) is 22.9 Å². The van der Waals surface area contributed by atoms with E-state index in [0.29, 0.717) is 18.1 Å². The van der Waals surface area contributed by atoms with E-state index >= 15 is 0 Å². The summed E-state index contributed by atoms with van der Waals surface area (Å²) in [6, 6.07) is 26.4. The average molecular weight is 453 g/mol. The van der Waals surface area contributed by atoms with Crippen molar-refractivity contribution in [3.63, 3.8) is 0 Å². The summed E-state index contributed by atoms with van der Waals surface area (Å²) >= 11 is 0. The van der Waals surface area contributed by atoms with Crippen LogP contribution in [0.1, 0.15) is 22.8 Å². The lowest BCUT2D eigenvalue weighted by Crippen LogP contribution is -2.29. The van der Waals surface area contributed by atoms with Gasteiger partial charge in [-0.05, 0) is 55.0 Å². The molecule has 0 amide bonds. The van der Waals surface area contributed by atoms with Crippen molar-refractivity contribution in [3.05, 3.63) is 108 Å². The van der Waals surface area contributed by atoms with Crippen molar-refractivity contribution in [1.82, 2.24) is 4.98 Å². The number of furan rings is 1. The molecule has 34 heavy (non-hydrogen) atoms. The smallest absolute Gasteiger partial charge is 0.345 e. The molecule has 0 saturated carbocycles. The number of rotatable bonds is 8. The minimum absolute atomic E-state index is 0.240. The second kappa shape index (κ2) is 9.27. The summed E-state index contributed by atoms with van der Waals surface area (Å²) in [5.41, 5.74) is 3.34. The molecule has 1 N–H and O–H groups in total. The minimum Gasteiger partial charge on any atom is -0.478 e. The first kappa shape index (κ1) is 21.5. The number of carboxylic acids is 1. The number of aromatic nitrogens is 1. The first-order valence-corrected chi connectivity index (χ1v) is 11.0. The molecule has 1 atom stereocenters. The lowest BCUT2D eigenvalue weighted by molar-refractivity contribution is -0.145. The molecule has 1 unspecified atom stereocenters. The second-order valence-electron chi connectivity index (χ2n) is 8.11. The first-order valence-electron chi connectivity index (χ1n) is 11.0. The quantitative estimate of drug-likeness (QED) is 0.307. The fourth-order valence-corrected chi connectivity index (χ4v) is 3.88. The Labute approximate surface area is 196 Å². The molecule has 0 bridgehead atoms. The van der Waals surface area contributed by atoms with Gasteiger partial charge in [0, 0.05) is 17.4 Å². The normalized spacial score (nSPS) is 12.0. The van der Waals surface area contributed by atoms with Crippen LogP contribution in [0.25, 0.3) is 22.4 Å². The van der Waals surface area contributed by atoms with Gasteiger partial charge in [-0.25, -0.2) is 9.78 Å². The number of hydrogen-bond acceptors (Lipinski definition) is 5. The van der Waals surface area contributed by atoms with E-state index in [1.165, 1.54) is 0 Å². The number of ether oxygens (including phenoxy) is 1. The molecule has 6 nitrogen and oxygen atoms in total. The van der Waals surface area contributed by atoms with Gasteiger partial charge in [-0.3, -0.25) is 0 Å². The van der Waals surface area contributed by atoms with E-state index in [-0.39, 0.29) is 6.42 Å². The number of aryl methyl sites for hydroxylation is 1. The summed E-state index contributed by atoms with van der Waals surface area (Å²) in [7, 11) is 0. The van der Waals surface area contributed by atoms with Crippen LogP contribution in [-0.4, -0.2) is 22.2 Å². The highest BCUT2D eigenvalue weighted by Crippen LogP contribution is 2.27. The van der Waals surface area contributed by atoms with Crippen LogP contribution in [0, 0.1) is 6.92 Å². The lowest BCUT2D eigenvalue weighted by atomic mass is 10.1. The molecule has 0 radical (unpaired) electrons. The van der Waals surface area contributed by atoms with Gasteiger partial charge in [0.25, 0.3) is 0 Å². The van der Waals surface area contributed by atoms with Gasteiger partial charge in [0.15, 0.2) is 6.10 Å². The van der Waals surface area contributed by atoms with E-state index in [1.54, 1.807) is 12.1 Å². The van der Waals surface area contributed by atoms with Crippen LogP contribution in [-0.2, 0) is 17.6 Å². The van der Waals surface area contributed by atoms with Crippen LogP contribution in [0.2, 0.25) is 0 Å². The molecule has 6 heteroatoms. The van der Waals surface area contributed by atoms with Gasteiger partial charge in [-0.1, -0.05) is 42.5 Å². The number of oxazole rings is 1. The van der Waals surface area contributed by atoms with E-state index in [1.807, 2.05) is 79.7 Å². The molecule has 2 aromatic heterocycles. The molecule has 0 fully saturated rings. The van der Waals surface area contributed by atoms with E-state index in [4.69, 9.17) is 13.6 Å². The van der Waals surface area contributed by atoms with Crippen molar-refractivity contribution < 1.29 is 23.5 Å². The molecule has 0 aliphatic carbocycles. The maximum absolute atomic E-state index is 11.8. The number of carboxylic acid groups (broad SMARTS) is 1. The highest BCUT2D eigenvalue weighted by molar-refractivity contribution is 5.79. The molecular formula is C28H23NO5. The molecule has 0 aliphatic heterocycles. The standard InChI is InChI=1S/C28H23NO5/c1-18-24(29-27(32-18)20-8-4-2-5-9-20)17-23-16-21-14-19(12-13-25(21)34-23)15-26(28(30)31)33-22-10-6-3-7-11-22/h2-14,16,26H,15,17H2,1H3,(H,30,31). The van der Waals surface area contributed by atoms with Crippen molar-refractivity contribution in [2.24, 2.45) is 0 Å². The molecule has 3 aromatic carbocycles. The van der Waals surface area contributed by atoms with Crippen molar-refractivity contribution in [1.29, 1.82) is 0 Å². The number of para-hydroxylation sites is 1. The van der Waals surface area contributed by atoms with Crippen LogP contribution >= 0.6 is 0 Å². The SMILES string of the molecule is Cc1oc(-c2ccccc2)nc1Cc1cc2cc(CC(Oc3ccccc3)C(=O)O)ccc2o1. The zero-order valence-corrected chi connectivity index (χ0v) is 18.6. The Morgan fingerprint density at radius 3 is 2.44 bits per heavy atom. The maximum atomic E-state index is 11.8. The van der Waals surface area contributed by atoms with Crippen molar-refractivity contribution >= 4 is 16.9 Å². The zero-order valence-electron chi connectivity index (χ0n) is 18.6. The predicted molar refractivity (Wildman–Crippen MR) is 128 cm³/mol. The van der Waals surface area contributed by atoms with Crippen molar-refractivity contribution in [3.8, 4) is 17.2 Å². The van der Waals surface area contributed by atoms with Crippen molar-refractivity contribution in [2.75, 3.05) is 0 Å². The van der Waals surface area contributed by atoms with Crippen LogP contribution in [0.15, 0.2) is 93.8 Å². The molecule has 5 rings (SSSR count). The van der Waals surface area contributed by atoms with E-state index in [2.05, 4.69) is 4.98 Å². The molecular weight excluding hydrogens is 430 g/mol. The Balaban J connectivity index is 1.34. The van der Waals surface area contributed by atoms with Crippen LogP contribution < -0.4 is 4.74 Å². The van der Waals surface area contributed by atoms with Crippen LogP contribution in [0.4, 0.5) is 0 Å². The summed E-state index contributed by atoms with van der Waals surface area (Å²) in [5, 5.41) is 10.5. The third-order valence-electron chi connectivity index (χ3n) is 5.60. The van der Waals surface area contributed by atoms with Gasteiger partial charge < -0.3 is 18.7 Å². The average Bonchev–Trinajstić information content (AvgIpc) is 3.42. The molecule has 0 spiro atoms. The number of nitrogens with zero attached hydrogens (tertiary/aromatic N) is 1. The Morgan fingerprint density at radius 2 is 1.71 bits per heavy atom. The Hall–Kier alpha value is -4.32. The van der Waals surface area contributed by atoms with Gasteiger partial charge in [0.05, 0.1) is 12.1 Å². The number of aliphatic carboxylic acids is 1. The third-order valence-corrected chi connectivity index (χ3v) is 5.60. The Morgan fingerprint density at radius 1 is 0.971 bits per heavy atom. The highest BCUT2D eigenvalue weighted by Gasteiger charge is 2.21.